The van der Waals surface area contributed by atoms with Crippen LogP contribution in [0.25, 0.3) is 0 Å². The summed E-state index contributed by atoms with van der Waals surface area (Å²) in [7, 11) is 0. The lowest BCUT2D eigenvalue weighted by Gasteiger charge is -2.30. The maximum Gasteiger partial charge on any atom is 0.231 e. The number of benzene rings is 1. The average Bonchev–Trinajstić information content (AvgIpc) is 2.45. The fourth-order valence-electron chi connectivity index (χ4n) is 2.67. The van der Waals surface area contributed by atoms with Gasteiger partial charge in [0, 0.05) is 24.0 Å². The minimum Gasteiger partial charge on any atom is -0.365 e. The lowest BCUT2D eigenvalue weighted by molar-refractivity contribution is 0.629. The second-order valence-corrected chi connectivity index (χ2v) is 6.50. The quantitative estimate of drug-likeness (QED) is 0.910. The molecular formula is C17H22N4. The topological polar surface area (TPSA) is 41.1 Å². The van der Waals surface area contributed by atoms with Gasteiger partial charge in [-0.2, -0.15) is 4.98 Å². The van der Waals surface area contributed by atoms with Gasteiger partial charge in [0.15, 0.2) is 0 Å². The number of hydrogen-bond acceptors (Lipinski definition) is 4. The van der Waals surface area contributed by atoms with Crippen molar-refractivity contribution in [3.05, 3.63) is 42.1 Å². The summed E-state index contributed by atoms with van der Waals surface area (Å²) in [5.41, 5.74) is 2.60. The van der Waals surface area contributed by atoms with E-state index in [0.717, 1.165) is 31.2 Å². The maximum absolute atomic E-state index is 4.68. The van der Waals surface area contributed by atoms with Crippen molar-refractivity contribution >= 4 is 17.5 Å². The molecule has 0 saturated heterocycles. The van der Waals surface area contributed by atoms with Crippen molar-refractivity contribution in [1.82, 2.24) is 9.97 Å². The monoisotopic (exact) mass is 282 g/mol. The first-order valence-corrected chi connectivity index (χ1v) is 7.50. The molecule has 1 aliphatic rings. The molecule has 1 aromatic heterocycles. The molecule has 3 rings (SSSR count). The Bertz CT molecular complexity index is 631. The Kier molecular flexibility index (Phi) is 3.53. The predicted octanol–water partition coefficient (Wildman–Crippen LogP) is 3.77. The summed E-state index contributed by atoms with van der Waals surface area (Å²) in [5.74, 6) is 1.65. The van der Waals surface area contributed by atoms with Crippen LogP contribution >= 0.6 is 0 Å². The molecular weight excluding hydrogens is 260 g/mol. The molecule has 1 aromatic carbocycles. The van der Waals surface area contributed by atoms with Gasteiger partial charge in [-0.1, -0.05) is 18.2 Å². The van der Waals surface area contributed by atoms with Gasteiger partial charge in [0.2, 0.25) is 5.95 Å². The third-order valence-corrected chi connectivity index (χ3v) is 3.50. The Morgan fingerprint density at radius 3 is 2.76 bits per heavy atom. The van der Waals surface area contributed by atoms with Crippen molar-refractivity contribution in [2.75, 3.05) is 16.8 Å². The number of fused-ring (bicyclic) bond motifs is 1. The van der Waals surface area contributed by atoms with Crippen molar-refractivity contribution in [2.24, 2.45) is 0 Å². The molecule has 0 unspecified atom stereocenters. The van der Waals surface area contributed by atoms with Crippen LogP contribution in [0.4, 0.5) is 17.5 Å². The van der Waals surface area contributed by atoms with E-state index in [-0.39, 0.29) is 5.54 Å². The van der Waals surface area contributed by atoms with Gasteiger partial charge in [-0.05, 0) is 51.3 Å². The summed E-state index contributed by atoms with van der Waals surface area (Å²) in [4.78, 5) is 11.4. The fourth-order valence-corrected chi connectivity index (χ4v) is 2.67. The fraction of sp³-hybridized carbons (Fsp3) is 0.412. The Morgan fingerprint density at radius 1 is 1.14 bits per heavy atom. The zero-order chi connectivity index (χ0) is 14.9. The van der Waals surface area contributed by atoms with E-state index in [2.05, 4.69) is 65.2 Å². The maximum atomic E-state index is 4.68. The number of rotatable bonds is 2. The Hall–Kier alpha value is -2.10. The third-order valence-electron chi connectivity index (χ3n) is 3.50. The molecule has 0 aliphatic carbocycles. The number of aromatic nitrogens is 2. The summed E-state index contributed by atoms with van der Waals surface area (Å²) in [5, 5.41) is 3.41. The van der Waals surface area contributed by atoms with E-state index in [1.54, 1.807) is 0 Å². The summed E-state index contributed by atoms with van der Waals surface area (Å²) in [6.07, 6.45) is 4.09. The van der Waals surface area contributed by atoms with Crippen LogP contribution in [-0.2, 0) is 6.42 Å². The highest BCUT2D eigenvalue weighted by Crippen LogP contribution is 2.31. The van der Waals surface area contributed by atoms with Crippen molar-refractivity contribution in [2.45, 2.75) is 39.2 Å². The minimum absolute atomic E-state index is 0.00850. The molecule has 0 fully saturated rings. The standard InChI is InChI=1S/C17H22N4/c1-17(2,3)20-15-10-11-18-16(19-15)21-12-6-8-13-7-4-5-9-14(13)21/h4-5,7,9-11H,6,8,12H2,1-3H3,(H,18,19,20). The van der Waals surface area contributed by atoms with Gasteiger partial charge in [0.1, 0.15) is 5.82 Å². The first kappa shape index (κ1) is 13.9. The van der Waals surface area contributed by atoms with Crippen LogP contribution in [0, 0.1) is 0 Å². The van der Waals surface area contributed by atoms with Crippen LogP contribution in [-0.4, -0.2) is 22.1 Å². The van der Waals surface area contributed by atoms with E-state index in [1.807, 2.05) is 12.3 Å². The number of anilines is 3. The number of hydrogen-bond donors (Lipinski definition) is 1. The molecule has 21 heavy (non-hydrogen) atoms. The average molecular weight is 282 g/mol. The third kappa shape index (κ3) is 3.15. The van der Waals surface area contributed by atoms with Gasteiger partial charge >= 0.3 is 0 Å². The molecule has 4 heteroatoms. The van der Waals surface area contributed by atoms with E-state index in [0.29, 0.717) is 0 Å². The van der Waals surface area contributed by atoms with E-state index in [4.69, 9.17) is 0 Å². The summed E-state index contributed by atoms with van der Waals surface area (Å²) in [6.45, 7) is 7.36. The molecule has 2 aromatic rings. The molecule has 1 N–H and O–H groups in total. The van der Waals surface area contributed by atoms with Crippen molar-refractivity contribution < 1.29 is 0 Å². The zero-order valence-corrected chi connectivity index (χ0v) is 12.9. The molecule has 0 amide bonds. The highest BCUT2D eigenvalue weighted by Gasteiger charge is 2.20. The first-order chi connectivity index (χ1) is 10.0. The van der Waals surface area contributed by atoms with Crippen LogP contribution in [0.3, 0.4) is 0 Å². The molecule has 0 atom stereocenters. The lowest BCUT2D eigenvalue weighted by Crippen LogP contribution is -2.29. The van der Waals surface area contributed by atoms with Gasteiger partial charge in [-0.3, -0.25) is 0 Å². The van der Waals surface area contributed by atoms with E-state index < -0.39 is 0 Å². The van der Waals surface area contributed by atoms with Gasteiger partial charge < -0.3 is 10.2 Å². The lowest BCUT2D eigenvalue weighted by atomic mass is 10.0. The Balaban J connectivity index is 1.93. The smallest absolute Gasteiger partial charge is 0.231 e. The predicted molar refractivity (Wildman–Crippen MR) is 87.2 cm³/mol. The van der Waals surface area contributed by atoms with Crippen LogP contribution in [0.1, 0.15) is 32.8 Å². The molecule has 0 bridgehead atoms. The summed E-state index contributed by atoms with van der Waals surface area (Å²) >= 11 is 0. The SMILES string of the molecule is CC(C)(C)Nc1ccnc(N2CCCc3ccccc32)n1. The Labute approximate surface area is 126 Å². The normalized spacial score (nSPS) is 14.7. The van der Waals surface area contributed by atoms with Gasteiger partial charge in [-0.15, -0.1) is 0 Å². The van der Waals surface area contributed by atoms with Crippen LogP contribution in [0.2, 0.25) is 0 Å². The van der Waals surface area contributed by atoms with Gasteiger partial charge in [0.25, 0.3) is 0 Å². The van der Waals surface area contributed by atoms with Gasteiger partial charge in [0.05, 0.1) is 0 Å². The number of para-hydroxylation sites is 1. The number of aryl methyl sites for hydroxylation is 1. The number of nitrogens with one attached hydrogen (secondary N) is 1. The number of nitrogens with zero attached hydrogens (tertiary/aromatic N) is 3. The Morgan fingerprint density at radius 2 is 1.95 bits per heavy atom. The molecule has 1 aliphatic heterocycles. The largest absolute Gasteiger partial charge is 0.365 e. The summed E-state index contributed by atoms with van der Waals surface area (Å²) in [6, 6.07) is 10.4. The molecule has 0 spiro atoms. The van der Waals surface area contributed by atoms with Crippen LogP contribution in [0.15, 0.2) is 36.5 Å². The van der Waals surface area contributed by atoms with Crippen LogP contribution < -0.4 is 10.2 Å². The molecule has 0 saturated carbocycles. The van der Waals surface area contributed by atoms with Crippen molar-refractivity contribution in [3.63, 3.8) is 0 Å². The van der Waals surface area contributed by atoms with Crippen LogP contribution in [0.5, 0.6) is 0 Å². The van der Waals surface area contributed by atoms with Crippen molar-refractivity contribution in [1.29, 1.82) is 0 Å². The molecule has 2 heterocycles. The summed E-state index contributed by atoms with van der Waals surface area (Å²) < 4.78 is 0. The highest BCUT2D eigenvalue weighted by atomic mass is 15.3. The molecule has 0 radical (unpaired) electrons. The van der Waals surface area contributed by atoms with Gasteiger partial charge in [-0.25, -0.2) is 4.98 Å². The van der Waals surface area contributed by atoms with E-state index in [1.165, 1.54) is 11.3 Å². The first-order valence-electron chi connectivity index (χ1n) is 7.50. The van der Waals surface area contributed by atoms with E-state index in [9.17, 15) is 0 Å². The molecule has 4 nitrogen and oxygen atoms in total. The zero-order valence-electron chi connectivity index (χ0n) is 12.9. The minimum atomic E-state index is -0.00850. The van der Waals surface area contributed by atoms with E-state index >= 15 is 0 Å². The second-order valence-electron chi connectivity index (χ2n) is 6.50. The molecule has 110 valence electrons. The van der Waals surface area contributed by atoms with Crippen molar-refractivity contribution in [3.8, 4) is 0 Å². The highest BCUT2D eigenvalue weighted by molar-refractivity contribution is 5.64. The second kappa shape index (κ2) is 5.35.